The molecule has 0 heterocycles. The zero-order valence-electron chi connectivity index (χ0n) is 10.7. The first-order chi connectivity index (χ1) is 9.45. The average molecular weight is 317 g/mol. The van der Waals surface area contributed by atoms with Crippen LogP contribution in [0.2, 0.25) is 5.02 Å². The molecule has 1 aliphatic carbocycles. The van der Waals surface area contributed by atoms with Crippen molar-refractivity contribution in [1.29, 1.82) is 5.26 Å². The first kappa shape index (κ1) is 15.2. The Morgan fingerprint density at radius 3 is 2.70 bits per heavy atom. The molecule has 7 heteroatoms. The minimum atomic E-state index is -3.79. The smallest absolute Gasteiger partial charge is 0.207 e. The van der Waals surface area contributed by atoms with Gasteiger partial charge in [0.25, 0.3) is 0 Å². The van der Waals surface area contributed by atoms with Gasteiger partial charge < -0.3 is 0 Å². The van der Waals surface area contributed by atoms with Crippen LogP contribution in [0.1, 0.15) is 19.3 Å². The second-order valence-electron chi connectivity index (χ2n) is 4.79. The van der Waals surface area contributed by atoms with Crippen molar-refractivity contribution in [2.45, 2.75) is 24.2 Å². The Balaban J connectivity index is 2.30. The van der Waals surface area contributed by atoms with Crippen LogP contribution in [0.25, 0.3) is 0 Å². The third kappa shape index (κ3) is 3.48. The second kappa shape index (κ2) is 6.08. The van der Waals surface area contributed by atoms with Crippen molar-refractivity contribution in [3.8, 4) is 6.07 Å². The van der Waals surface area contributed by atoms with Gasteiger partial charge in [-0.2, -0.15) is 9.57 Å². The maximum absolute atomic E-state index is 13.0. The quantitative estimate of drug-likeness (QED) is 0.810. The molecule has 0 aliphatic heterocycles. The van der Waals surface area contributed by atoms with Gasteiger partial charge in [0, 0.05) is 19.5 Å². The van der Waals surface area contributed by atoms with Gasteiger partial charge in [-0.25, -0.2) is 12.8 Å². The van der Waals surface area contributed by atoms with Gasteiger partial charge in [-0.15, -0.1) is 0 Å². The van der Waals surface area contributed by atoms with Crippen molar-refractivity contribution < 1.29 is 12.8 Å². The summed E-state index contributed by atoms with van der Waals surface area (Å²) >= 11 is 5.83. The highest BCUT2D eigenvalue weighted by atomic mass is 35.5. The maximum Gasteiger partial charge on any atom is 0.244 e. The summed E-state index contributed by atoms with van der Waals surface area (Å²) in [6.07, 6.45) is 2.11. The van der Waals surface area contributed by atoms with Crippen LogP contribution in [0.5, 0.6) is 0 Å². The standard InChI is InChI=1S/C13H14ClFN2O2S/c14-12-8-11(15)4-5-13(12)20(18,19)17(7-1-6-16)9-10-2-3-10/h4-5,8,10H,1-3,7,9H2. The lowest BCUT2D eigenvalue weighted by Crippen LogP contribution is -2.34. The Kier molecular flexibility index (Phi) is 4.63. The first-order valence-corrected chi connectivity index (χ1v) is 8.09. The summed E-state index contributed by atoms with van der Waals surface area (Å²) in [6.45, 7) is 0.515. The van der Waals surface area contributed by atoms with Gasteiger partial charge in [0.05, 0.1) is 11.1 Å². The fraction of sp³-hybridized carbons (Fsp3) is 0.462. The first-order valence-electron chi connectivity index (χ1n) is 6.27. The molecule has 0 radical (unpaired) electrons. The van der Waals surface area contributed by atoms with Crippen LogP contribution in [-0.4, -0.2) is 25.8 Å². The Morgan fingerprint density at radius 1 is 1.45 bits per heavy atom. The highest BCUT2D eigenvalue weighted by molar-refractivity contribution is 7.89. The molecule has 4 nitrogen and oxygen atoms in total. The second-order valence-corrected chi connectivity index (χ2v) is 7.10. The Labute approximate surface area is 122 Å². The van der Waals surface area contributed by atoms with Crippen molar-refractivity contribution in [3.05, 3.63) is 29.0 Å². The molecule has 1 fully saturated rings. The van der Waals surface area contributed by atoms with Gasteiger partial charge in [-0.3, -0.25) is 0 Å². The van der Waals surface area contributed by atoms with Gasteiger partial charge in [-0.1, -0.05) is 11.6 Å². The van der Waals surface area contributed by atoms with Gasteiger partial charge in [0.1, 0.15) is 10.7 Å². The van der Waals surface area contributed by atoms with Crippen LogP contribution in [0.3, 0.4) is 0 Å². The molecule has 0 unspecified atom stereocenters. The molecule has 1 aromatic rings. The number of rotatable bonds is 6. The molecule has 0 saturated heterocycles. The summed E-state index contributed by atoms with van der Waals surface area (Å²) in [6, 6.07) is 5.15. The van der Waals surface area contributed by atoms with E-state index in [9.17, 15) is 12.8 Å². The van der Waals surface area contributed by atoms with E-state index in [-0.39, 0.29) is 22.9 Å². The summed E-state index contributed by atoms with van der Waals surface area (Å²) in [7, 11) is -3.79. The fourth-order valence-electron chi connectivity index (χ4n) is 1.90. The van der Waals surface area contributed by atoms with E-state index in [2.05, 4.69) is 0 Å². The highest BCUT2D eigenvalue weighted by Crippen LogP contribution is 2.33. The number of halogens is 2. The lowest BCUT2D eigenvalue weighted by atomic mass is 10.3. The third-order valence-corrected chi connectivity index (χ3v) is 5.49. The minimum absolute atomic E-state index is 0.112. The monoisotopic (exact) mass is 316 g/mol. The molecule has 20 heavy (non-hydrogen) atoms. The fourth-order valence-corrected chi connectivity index (χ4v) is 3.92. The van der Waals surface area contributed by atoms with Gasteiger partial charge in [-0.05, 0) is 37.0 Å². The predicted molar refractivity (Wildman–Crippen MR) is 73.1 cm³/mol. The molecule has 0 N–H and O–H groups in total. The van der Waals surface area contributed by atoms with Crippen molar-refractivity contribution in [2.24, 2.45) is 5.92 Å². The van der Waals surface area contributed by atoms with E-state index in [1.54, 1.807) is 0 Å². The van der Waals surface area contributed by atoms with Gasteiger partial charge in [0.2, 0.25) is 10.0 Å². The van der Waals surface area contributed by atoms with Gasteiger partial charge >= 0.3 is 0 Å². The highest BCUT2D eigenvalue weighted by Gasteiger charge is 2.32. The lowest BCUT2D eigenvalue weighted by Gasteiger charge is -2.21. The van der Waals surface area contributed by atoms with Crippen LogP contribution in [0.15, 0.2) is 23.1 Å². The van der Waals surface area contributed by atoms with E-state index in [0.717, 1.165) is 25.0 Å². The normalized spacial score (nSPS) is 15.3. The van der Waals surface area contributed by atoms with E-state index in [4.69, 9.17) is 16.9 Å². The van der Waals surface area contributed by atoms with Gasteiger partial charge in [0.15, 0.2) is 0 Å². The van der Waals surface area contributed by atoms with Crippen molar-refractivity contribution in [2.75, 3.05) is 13.1 Å². The number of hydrogen-bond donors (Lipinski definition) is 0. The molecule has 1 aromatic carbocycles. The summed E-state index contributed by atoms with van der Waals surface area (Å²) in [5, 5.41) is 8.51. The minimum Gasteiger partial charge on any atom is -0.207 e. The lowest BCUT2D eigenvalue weighted by molar-refractivity contribution is 0.402. The molecule has 0 aromatic heterocycles. The molecule has 1 aliphatic rings. The predicted octanol–water partition coefficient (Wildman–Crippen LogP) is 2.79. The summed E-state index contributed by atoms with van der Waals surface area (Å²) < 4.78 is 39.4. The van der Waals surface area contributed by atoms with Crippen LogP contribution < -0.4 is 0 Å². The molecular weight excluding hydrogens is 303 g/mol. The molecule has 0 spiro atoms. The Morgan fingerprint density at radius 2 is 2.15 bits per heavy atom. The van der Waals surface area contributed by atoms with E-state index < -0.39 is 15.8 Å². The topological polar surface area (TPSA) is 61.2 Å². The summed E-state index contributed by atoms with van der Waals surface area (Å²) in [4.78, 5) is -0.112. The van der Waals surface area contributed by atoms with Crippen molar-refractivity contribution in [3.63, 3.8) is 0 Å². The van der Waals surface area contributed by atoms with Crippen molar-refractivity contribution >= 4 is 21.6 Å². The van der Waals surface area contributed by atoms with Crippen LogP contribution >= 0.6 is 11.6 Å². The van der Waals surface area contributed by atoms with E-state index in [0.29, 0.717) is 12.5 Å². The molecule has 108 valence electrons. The molecular formula is C13H14ClFN2O2S. The number of benzene rings is 1. The molecule has 0 bridgehead atoms. The number of nitrogens with zero attached hydrogens (tertiary/aromatic N) is 2. The largest absolute Gasteiger partial charge is 0.244 e. The van der Waals surface area contributed by atoms with E-state index in [1.807, 2.05) is 6.07 Å². The molecule has 1 saturated carbocycles. The number of hydrogen-bond acceptors (Lipinski definition) is 3. The van der Waals surface area contributed by atoms with E-state index in [1.165, 1.54) is 10.4 Å². The number of sulfonamides is 1. The Bertz CT molecular complexity index is 638. The van der Waals surface area contributed by atoms with Crippen molar-refractivity contribution in [1.82, 2.24) is 4.31 Å². The summed E-state index contributed by atoms with van der Waals surface area (Å²) in [5.41, 5.74) is 0. The zero-order valence-corrected chi connectivity index (χ0v) is 12.3. The Hall–Kier alpha value is -1.16. The average Bonchev–Trinajstić information content (AvgIpc) is 3.17. The third-order valence-electron chi connectivity index (χ3n) is 3.14. The zero-order chi connectivity index (χ0) is 14.8. The maximum atomic E-state index is 13.0. The van der Waals surface area contributed by atoms with Crippen LogP contribution in [0, 0.1) is 23.1 Å². The molecule has 0 atom stereocenters. The van der Waals surface area contributed by atoms with Crippen LogP contribution in [0.4, 0.5) is 4.39 Å². The van der Waals surface area contributed by atoms with Crippen LogP contribution in [-0.2, 0) is 10.0 Å². The SMILES string of the molecule is N#CCCN(CC1CC1)S(=O)(=O)c1ccc(F)cc1Cl. The molecule has 2 rings (SSSR count). The molecule has 0 amide bonds. The van der Waals surface area contributed by atoms with E-state index >= 15 is 0 Å². The summed E-state index contributed by atoms with van der Waals surface area (Å²) in [5.74, 6) is -0.234. The number of nitriles is 1.